The molecule has 164 valence electrons. The minimum atomic E-state index is -3.07. The minimum absolute atomic E-state index is 0.0612. The highest BCUT2D eigenvalue weighted by atomic mass is 32.2. The Morgan fingerprint density at radius 1 is 1.17 bits per heavy atom. The van der Waals surface area contributed by atoms with Gasteiger partial charge in [0, 0.05) is 25.6 Å². The molecule has 0 aliphatic carbocycles. The summed E-state index contributed by atoms with van der Waals surface area (Å²) in [6.07, 6.45) is 1.21. The van der Waals surface area contributed by atoms with Crippen molar-refractivity contribution in [2.75, 3.05) is 37.7 Å². The number of amides is 1. The first-order valence-corrected chi connectivity index (χ1v) is 13.2. The highest BCUT2D eigenvalue weighted by molar-refractivity contribution is 7.91. The smallest absolute Gasteiger partial charge is 0.266 e. The first-order chi connectivity index (χ1) is 14.3. The summed E-state index contributed by atoms with van der Waals surface area (Å²) in [6, 6.07) is 9.83. The van der Waals surface area contributed by atoms with Crippen LogP contribution in [0.1, 0.15) is 46.2 Å². The molecule has 1 unspecified atom stereocenters. The number of carbonyl (C=O) groups is 1. The van der Waals surface area contributed by atoms with Crippen LogP contribution >= 0.6 is 11.3 Å². The van der Waals surface area contributed by atoms with Crippen LogP contribution in [-0.4, -0.2) is 72.8 Å². The van der Waals surface area contributed by atoms with E-state index in [2.05, 4.69) is 35.9 Å². The molecular formula is C22H31N3O3S2. The molecule has 1 aromatic heterocycles. The Hall–Kier alpha value is -1.77. The van der Waals surface area contributed by atoms with Gasteiger partial charge in [0.15, 0.2) is 9.84 Å². The second-order valence-electron chi connectivity index (χ2n) is 7.77. The maximum Gasteiger partial charge on any atom is 0.266 e. The number of nitrogens with zero attached hydrogens (tertiary/aromatic N) is 3. The fraction of sp³-hybridized carbons (Fsp3) is 0.545. The number of aromatic nitrogens is 1. The van der Waals surface area contributed by atoms with Crippen molar-refractivity contribution in [3.05, 3.63) is 51.5 Å². The Balaban J connectivity index is 1.81. The van der Waals surface area contributed by atoms with Crippen LogP contribution in [0.4, 0.5) is 0 Å². The van der Waals surface area contributed by atoms with Crippen LogP contribution in [0.2, 0.25) is 0 Å². The standard InChI is InChI=1S/C22H31N3O3S2/c1-4-24(5-2)12-13-25(19-11-14-30(27,28)16-19)22(26)21-17(3)23-20(29-21)15-18-9-7-6-8-10-18/h6-10,19H,4-5,11-16H2,1-3H3. The average Bonchev–Trinajstić information content (AvgIpc) is 3.27. The van der Waals surface area contributed by atoms with E-state index < -0.39 is 9.84 Å². The van der Waals surface area contributed by atoms with E-state index in [1.807, 2.05) is 25.1 Å². The molecule has 1 aromatic carbocycles. The Labute approximate surface area is 183 Å². The van der Waals surface area contributed by atoms with Gasteiger partial charge in [0.05, 0.1) is 22.2 Å². The number of benzene rings is 1. The zero-order valence-corrected chi connectivity index (χ0v) is 19.6. The predicted octanol–water partition coefficient (Wildman–Crippen LogP) is 3.01. The van der Waals surface area contributed by atoms with Crippen molar-refractivity contribution in [1.82, 2.24) is 14.8 Å². The van der Waals surface area contributed by atoms with Crippen molar-refractivity contribution >= 4 is 27.1 Å². The summed E-state index contributed by atoms with van der Waals surface area (Å²) >= 11 is 1.43. The van der Waals surface area contributed by atoms with E-state index in [1.54, 1.807) is 4.90 Å². The number of aryl methyl sites for hydroxylation is 1. The Morgan fingerprint density at radius 2 is 1.87 bits per heavy atom. The molecule has 3 rings (SSSR count). The number of likely N-dealkylation sites (N-methyl/N-ethyl adjacent to an activating group) is 1. The van der Waals surface area contributed by atoms with Gasteiger partial charge in [-0.25, -0.2) is 13.4 Å². The molecule has 6 nitrogen and oxygen atoms in total. The molecule has 1 atom stereocenters. The molecule has 2 aromatic rings. The Bertz CT molecular complexity index is 953. The third-order valence-electron chi connectivity index (χ3n) is 5.69. The third kappa shape index (κ3) is 5.68. The first kappa shape index (κ1) is 22.9. The van der Waals surface area contributed by atoms with Gasteiger partial charge in [0.1, 0.15) is 4.88 Å². The number of thiazole rings is 1. The highest BCUT2D eigenvalue weighted by Crippen LogP contribution is 2.26. The number of rotatable bonds is 9. The van der Waals surface area contributed by atoms with Crippen LogP contribution in [0.3, 0.4) is 0 Å². The van der Waals surface area contributed by atoms with Crippen molar-refractivity contribution in [3.8, 4) is 0 Å². The normalized spacial score (nSPS) is 18.1. The second-order valence-corrected chi connectivity index (χ2v) is 11.1. The van der Waals surface area contributed by atoms with Gasteiger partial charge in [-0.05, 0) is 32.0 Å². The fourth-order valence-corrected chi connectivity index (χ4v) is 6.67. The van der Waals surface area contributed by atoms with E-state index in [-0.39, 0.29) is 23.5 Å². The quantitative estimate of drug-likeness (QED) is 0.589. The van der Waals surface area contributed by atoms with Crippen LogP contribution in [0, 0.1) is 6.92 Å². The summed E-state index contributed by atoms with van der Waals surface area (Å²) in [6.45, 7) is 9.14. The lowest BCUT2D eigenvalue weighted by molar-refractivity contribution is 0.0678. The lowest BCUT2D eigenvalue weighted by Crippen LogP contribution is -2.45. The highest BCUT2D eigenvalue weighted by Gasteiger charge is 2.36. The molecule has 1 amide bonds. The molecule has 0 spiro atoms. The van der Waals surface area contributed by atoms with Crippen molar-refractivity contribution in [1.29, 1.82) is 0 Å². The molecular weight excluding hydrogens is 418 g/mol. The van der Waals surface area contributed by atoms with E-state index in [4.69, 9.17) is 0 Å². The van der Waals surface area contributed by atoms with Crippen LogP contribution in [-0.2, 0) is 16.3 Å². The van der Waals surface area contributed by atoms with E-state index in [9.17, 15) is 13.2 Å². The molecule has 0 saturated carbocycles. The third-order valence-corrected chi connectivity index (χ3v) is 8.59. The molecule has 1 saturated heterocycles. The minimum Gasteiger partial charge on any atom is -0.333 e. The van der Waals surface area contributed by atoms with E-state index >= 15 is 0 Å². The summed E-state index contributed by atoms with van der Waals surface area (Å²) in [5.41, 5.74) is 1.88. The molecule has 0 N–H and O–H groups in total. The van der Waals surface area contributed by atoms with Crippen molar-refractivity contribution in [2.45, 2.75) is 39.7 Å². The van der Waals surface area contributed by atoms with Gasteiger partial charge in [-0.2, -0.15) is 0 Å². The fourth-order valence-electron chi connectivity index (χ4n) is 3.89. The van der Waals surface area contributed by atoms with Crippen LogP contribution in [0.5, 0.6) is 0 Å². The number of sulfone groups is 1. The van der Waals surface area contributed by atoms with Crippen molar-refractivity contribution in [2.24, 2.45) is 0 Å². The molecule has 2 heterocycles. The van der Waals surface area contributed by atoms with Gasteiger partial charge < -0.3 is 9.80 Å². The number of hydrogen-bond donors (Lipinski definition) is 0. The summed E-state index contributed by atoms with van der Waals surface area (Å²) in [5, 5.41) is 0.907. The summed E-state index contributed by atoms with van der Waals surface area (Å²) in [4.78, 5) is 22.8. The zero-order valence-electron chi connectivity index (χ0n) is 18.0. The maximum atomic E-state index is 13.5. The molecule has 1 aliphatic heterocycles. The van der Waals surface area contributed by atoms with Gasteiger partial charge in [0.25, 0.3) is 5.91 Å². The number of carbonyl (C=O) groups excluding carboxylic acids is 1. The Kier molecular flexibility index (Phi) is 7.65. The largest absolute Gasteiger partial charge is 0.333 e. The van der Waals surface area contributed by atoms with Crippen molar-refractivity contribution in [3.63, 3.8) is 0 Å². The summed E-state index contributed by atoms with van der Waals surface area (Å²) in [7, 11) is -3.07. The molecule has 30 heavy (non-hydrogen) atoms. The van der Waals surface area contributed by atoms with Gasteiger partial charge in [-0.3, -0.25) is 4.79 Å². The van der Waals surface area contributed by atoms with Crippen LogP contribution in [0.15, 0.2) is 30.3 Å². The zero-order chi connectivity index (χ0) is 21.7. The van der Waals surface area contributed by atoms with E-state index in [0.29, 0.717) is 24.3 Å². The topological polar surface area (TPSA) is 70.6 Å². The summed E-state index contributed by atoms with van der Waals surface area (Å²) in [5.74, 6) is 0.137. The average molecular weight is 450 g/mol. The second kappa shape index (κ2) is 10.0. The Morgan fingerprint density at radius 3 is 2.47 bits per heavy atom. The van der Waals surface area contributed by atoms with Gasteiger partial charge in [0.2, 0.25) is 0 Å². The monoisotopic (exact) mass is 449 g/mol. The lowest BCUT2D eigenvalue weighted by Gasteiger charge is -2.30. The van der Waals surface area contributed by atoms with Crippen LogP contribution in [0.25, 0.3) is 0 Å². The lowest BCUT2D eigenvalue weighted by atomic mass is 10.2. The molecule has 0 bridgehead atoms. The summed E-state index contributed by atoms with van der Waals surface area (Å²) < 4.78 is 24.1. The molecule has 1 fully saturated rings. The molecule has 8 heteroatoms. The van der Waals surface area contributed by atoms with Gasteiger partial charge >= 0.3 is 0 Å². The first-order valence-electron chi connectivity index (χ1n) is 10.6. The maximum absolute atomic E-state index is 13.5. The molecule has 0 radical (unpaired) electrons. The van der Waals surface area contributed by atoms with Crippen molar-refractivity contribution < 1.29 is 13.2 Å². The van der Waals surface area contributed by atoms with E-state index in [1.165, 1.54) is 11.3 Å². The predicted molar refractivity (Wildman–Crippen MR) is 122 cm³/mol. The number of hydrogen-bond acceptors (Lipinski definition) is 6. The van der Waals surface area contributed by atoms with Gasteiger partial charge in [-0.1, -0.05) is 44.2 Å². The van der Waals surface area contributed by atoms with Crippen LogP contribution < -0.4 is 0 Å². The molecule has 1 aliphatic rings. The van der Waals surface area contributed by atoms with Gasteiger partial charge in [-0.15, -0.1) is 11.3 Å². The SMILES string of the molecule is CCN(CC)CCN(C(=O)c1sc(Cc2ccccc2)nc1C)C1CCS(=O)(=O)C1. The van der Waals surface area contributed by atoms with E-state index in [0.717, 1.165) is 35.9 Å².